The summed E-state index contributed by atoms with van der Waals surface area (Å²) in [5.74, 6) is 0. The summed E-state index contributed by atoms with van der Waals surface area (Å²) >= 11 is 1.90. The van der Waals surface area contributed by atoms with Crippen molar-refractivity contribution in [1.29, 1.82) is 0 Å². The minimum Gasteiger partial charge on any atom is -0.335 e. The summed E-state index contributed by atoms with van der Waals surface area (Å²) < 4.78 is 0. The zero-order valence-corrected chi connectivity index (χ0v) is 13.3. The molecular weight excluding hydrogens is 274 g/mol. The predicted octanol–water partition coefficient (Wildman–Crippen LogP) is 5.48. The van der Waals surface area contributed by atoms with Gasteiger partial charge >= 0.3 is 0 Å². The van der Waals surface area contributed by atoms with Crippen LogP contribution in [0.1, 0.15) is 25.3 Å². The second kappa shape index (κ2) is 6.86. The number of unbranched alkanes of at least 4 members (excludes halogenated alkanes) is 1. The van der Waals surface area contributed by atoms with Crippen molar-refractivity contribution >= 4 is 17.4 Å². The van der Waals surface area contributed by atoms with Gasteiger partial charge in [0.15, 0.2) is 0 Å². The highest BCUT2D eigenvalue weighted by molar-refractivity contribution is 8.03. The van der Waals surface area contributed by atoms with Crippen molar-refractivity contribution in [2.75, 3.05) is 11.4 Å². The van der Waals surface area contributed by atoms with E-state index in [1.807, 2.05) is 11.8 Å². The summed E-state index contributed by atoms with van der Waals surface area (Å²) in [6.07, 6.45) is 5.84. The summed E-state index contributed by atoms with van der Waals surface area (Å²) in [6, 6.07) is 19.4. The first-order valence-electron chi connectivity index (χ1n) is 7.67. The second-order valence-electron chi connectivity index (χ2n) is 5.31. The minimum absolute atomic E-state index is 1.000. The van der Waals surface area contributed by atoms with Crippen LogP contribution in [-0.4, -0.2) is 6.54 Å². The van der Waals surface area contributed by atoms with E-state index in [1.165, 1.54) is 34.0 Å². The number of benzene rings is 2. The van der Waals surface area contributed by atoms with Crippen molar-refractivity contribution < 1.29 is 0 Å². The molecule has 0 radical (unpaired) electrons. The second-order valence-corrected chi connectivity index (χ2v) is 6.37. The molecule has 0 atom stereocenters. The van der Waals surface area contributed by atoms with Gasteiger partial charge in [-0.25, -0.2) is 0 Å². The Morgan fingerprint density at radius 1 is 1.00 bits per heavy atom. The summed E-state index contributed by atoms with van der Waals surface area (Å²) in [7, 11) is 0. The molecule has 2 heteroatoms. The smallest absolute Gasteiger partial charge is 0.0764 e. The molecule has 0 N–H and O–H groups in total. The fourth-order valence-electron chi connectivity index (χ4n) is 2.57. The fraction of sp³-hybridized carbons (Fsp3) is 0.263. The molecule has 1 aliphatic rings. The van der Waals surface area contributed by atoms with Crippen LogP contribution >= 0.6 is 11.8 Å². The van der Waals surface area contributed by atoms with Crippen LogP contribution in [0.15, 0.2) is 70.6 Å². The van der Waals surface area contributed by atoms with Crippen LogP contribution in [0.5, 0.6) is 0 Å². The lowest BCUT2D eigenvalue weighted by molar-refractivity contribution is 0.778. The van der Waals surface area contributed by atoms with Crippen molar-refractivity contribution in [3.63, 3.8) is 0 Å². The Morgan fingerprint density at radius 2 is 1.76 bits per heavy atom. The first-order chi connectivity index (χ1) is 10.4. The van der Waals surface area contributed by atoms with E-state index in [2.05, 4.69) is 72.5 Å². The molecule has 1 heterocycles. The van der Waals surface area contributed by atoms with Gasteiger partial charge in [-0.3, -0.25) is 0 Å². The maximum Gasteiger partial charge on any atom is 0.0764 e. The Labute approximate surface area is 131 Å². The van der Waals surface area contributed by atoms with Gasteiger partial charge < -0.3 is 4.90 Å². The topological polar surface area (TPSA) is 3.24 Å². The minimum atomic E-state index is 1.000. The SMILES string of the molecule is CCCCN1/C(=C/Cc2ccccc2)Sc2ccccc21. The molecular formula is C19H21NS. The van der Waals surface area contributed by atoms with Crippen LogP contribution in [0.4, 0.5) is 5.69 Å². The molecule has 1 nitrogen and oxygen atoms in total. The Hall–Kier alpha value is -1.67. The van der Waals surface area contributed by atoms with Gasteiger partial charge in [0.1, 0.15) is 0 Å². The third kappa shape index (κ3) is 3.33. The Kier molecular flexibility index (Phi) is 4.66. The van der Waals surface area contributed by atoms with Gasteiger partial charge in [-0.2, -0.15) is 0 Å². The lowest BCUT2D eigenvalue weighted by atomic mass is 10.1. The average Bonchev–Trinajstić information content (AvgIpc) is 2.89. The largest absolute Gasteiger partial charge is 0.335 e. The van der Waals surface area contributed by atoms with E-state index in [0.29, 0.717) is 0 Å². The van der Waals surface area contributed by atoms with E-state index >= 15 is 0 Å². The standard InChI is InChI=1S/C19H21NS/c1-2-3-15-20-17-11-7-8-12-18(17)21-19(20)14-13-16-9-5-4-6-10-16/h4-12,14H,2-3,13,15H2,1H3/b19-14-. The third-order valence-electron chi connectivity index (χ3n) is 3.73. The molecule has 108 valence electrons. The number of allylic oxidation sites excluding steroid dienone is 1. The maximum atomic E-state index is 2.48. The molecule has 0 saturated carbocycles. The number of fused-ring (bicyclic) bond motifs is 1. The molecule has 0 aromatic heterocycles. The monoisotopic (exact) mass is 295 g/mol. The molecule has 1 aliphatic heterocycles. The Morgan fingerprint density at radius 3 is 2.57 bits per heavy atom. The van der Waals surface area contributed by atoms with E-state index in [0.717, 1.165) is 13.0 Å². The Bertz CT molecular complexity index is 618. The zero-order chi connectivity index (χ0) is 14.5. The van der Waals surface area contributed by atoms with Gasteiger partial charge in [-0.15, -0.1) is 0 Å². The van der Waals surface area contributed by atoms with E-state index < -0.39 is 0 Å². The van der Waals surface area contributed by atoms with E-state index in [1.54, 1.807) is 0 Å². The van der Waals surface area contributed by atoms with E-state index in [4.69, 9.17) is 0 Å². The van der Waals surface area contributed by atoms with Crippen molar-refractivity contribution in [2.24, 2.45) is 0 Å². The highest BCUT2D eigenvalue weighted by Gasteiger charge is 2.23. The molecule has 3 rings (SSSR count). The van der Waals surface area contributed by atoms with Gasteiger partial charge in [0.25, 0.3) is 0 Å². The fourth-order valence-corrected chi connectivity index (χ4v) is 3.69. The van der Waals surface area contributed by atoms with Crippen LogP contribution in [0.25, 0.3) is 0 Å². The summed E-state index contributed by atoms with van der Waals surface area (Å²) in [4.78, 5) is 3.86. The van der Waals surface area contributed by atoms with Crippen LogP contribution in [0.3, 0.4) is 0 Å². The molecule has 0 spiro atoms. The Balaban J connectivity index is 1.81. The summed E-state index contributed by atoms with van der Waals surface area (Å²) in [5.41, 5.74) is 2.74. The lowest BCUT2D eigenvalue weighted by Gasteiger charge is -2.20. The number of hydrogen-bond donors (Lipinski definition) is 0. The maximum absolute atomic E-state index is 2.48. The summed E-state index contributed by atoms with van der Waals surface area (Å²) in [6.45, 7) is 3.36. The van der Waals surface area contributed by atoms with Crippen LogP contribution in [0.2, 0.25) is 0 Å². The zero-order valence-electron chi connectivity index (χ0n) is 12.5. The molecule has 0 amide bonds. The lowest BCUT2D eigenvalue weighted by Crippen LogP contribution is -2.18. The van der Waals surface area contributed by atoms with Crippen molar-refractivity contribution in [3.05, 3.63) is 71.3 Å². The van der Waals surface area contributed by atoms with Crippen molar-refractivity contribution in [3.8, 4) is 0 Å². The van der Waals surface area contributed by atoms with Gasteiger partial charge in [0, 0.05) is 11.4 Å². The number of anilines is 1. The van der Waals surface area contributed by atoms with Crippen molar-refractivity contribution in [2.45, 2.75) is 31.1 Å². The molecule has 0 fully saturated rings. The normalized spacial score (nSPS) is 15.5. The van der Waals surface area contributed by atoms with Gasteiger partial charge in [0.2, 0.25) is 0 Å². The first kappa shape index (κ1) is 14.3. The molecule has 0 bridgehead atoms. The van der Waals surface area contributed by atoms with Crippen molar-refractivity contribution in [1.82, 2.24) is 0 Å². The van der Waals surface area contributed by atoms with Gasteiger partial charge in [-0.05, 0) is 36.6 Å². The predicted molar refractivity (Wildman–Crippen MR) is 92.8 cm³/mol. The molecule has 2 aromatic rings. The van der Waals surface area contributed by atoms with E-state index in [-0.39, 0.29) is 0 Å². The quantitative estimate of drug-likeness (QED) is 0.718. The summed E-state index contributed by atoms with van der Waals surface area (Å²) in [5, 5.41) is 1.38. The van der Waals surface area contributed by atoms with Crippen LogP contribution in [0, 0.1) is 0 Å². The number of para-hydroxylation sites is 1. The number of nitrogens with zero attached hydrogens (tertiary/aromatic N) is 1. The number of hydrogen-bond acceptors (Lipinski definition) is 2. The third-order valence-corrected chi connectivity index (χ3v) is 4.89. The molecule has 0 saturated heterocycles. The first-order valence-corrected chi connectivity index (χ1v) is 8.48. The number of thioether (sulfide) groups is 1. The van der Waals surface area contributed by atoms with Crippen LogP contribution in [-0.2, 0) is 6.42 Å². The van der Waals surface area contributed by atoms with E-state index in [9.17, 15) is 0 Å². The molecule has 0 aliphatic carbocycles. The molecule has 0 unspecified atom stereocenters. The average molecular weight is 295 g/mol. The van der Waals surface area contributed by atoms with Gasteiger partial charge in [0.05, 0.1) is 10.7 Å². The number of rotatable bonds is 5. The highest BCUT2D eigenvalue weighted by Crippen LogP contribution is 2.45. The highest BCUT2D eigenvalue weighted by atomic mass is 32.2. The molecule has 2 aromatic carbocycles. The molecule has 21 heavy (non-hydrogen) atoms. The van der Waals surface area contributed by atoms with Gasteiger partial charge in [-0.1, -0.05) is 67.6 Å². The van der Waals surface area contributed by atoms with Crippen LogP contribution < -0.4 is 4.90 Å².